The van der Waals surface area contributed by atoms with Crippen molar-refractivity contribution in [3.05, 3.63) is 42.3 Å². The molecule has 3 heterocycles. The molecule has 5 nitrogen and oxygen atoms in total. The van der Waals surface area contributed by atoms with Gasteiger partial charge in [0.2, 0.25) is 0 Å². The summed E-state index contributed by atoms with van der Waals surface area (Å²) in [5, 5.41) is 8.49. The van der Waals surface area contributed by atoms with E-state index in [0.29, 0.717) is 19.8 Å². The molecule has 2 aromatic heterocycles. The van der Waals surface area contributed by atoms with Gasteiger partial charge in [-0.1, -0.05) is 12.1 Å². The molecule has 0 spiro atoms. The second-order valence-corrected chi connectivity index (χ2v) is 4.75. The van der Waals surface area contributed by atoms with E-state index >= 15 is 0 Å². The van der Waals surface area contributed by atoms with Crippen molar-refractivity contribution >= 4 is 10.9 Å². The largest absolute Gasteiger partial charge is 0.464 e. The summed E-state index contributed by atoms with van der Waals surface area (Å²) < 4.78 is 16.8. The first-order valence-electron chi connectivity index (χ1n) is 6.64. The molecule has 20 heavy (non-hydrogen) atoms. The smallest absolute Gasteiger partial charge is 0.134 e. The van der Waals surface area contributed by atoms with Gasteiger partial charge in [0.15, 0.2) is 0 Å². The normalized spacial score (nSPS) is 19.5. The lowest BCUT2D eigenvalue weighted by molar-refractivity contribution is -0.0912. The fourth-order valence-electron chi connectivity index (χ4n) is 2.62. The molecule has 0 radical (unpaired) electrons. The van der Waals surface area contributed by atoms with Crippen LogP contribution in [0.25, 0.3) is 22.2 Å². The number of aromatic nitrogens is 2. The van der Waals surface area contributed by atoms with Crippen molar-refractivity contribution in [3.8, 4) is 11.3 Å². The van der Waals surface area contributed by atoms with Crippen molar-refractivity contribution in [2.45, 2.75) is 6.10 Å². The van der Waals surface area contributed by atoms with Crippen LogP contribution in [0.15, 0.2) is 41.0 Å². The van der Waals surface area contributed by atoms with E-state index in [1.165, 1.54) is 0 Å². The molecule has 0 saturated carbocycles. The minimum Gasteiger partial charge on any atom is -0.464 e. The van der Waals surface area contributed by atoms with Gasteiger partial charge < -0.3 is 13.9 Å². The SMILES string of the molecule is c1coc(-c2cccc3n[nH]c(C4COCCO4)c23)c1. The summed E-state index contributed by atoms with van der Waals surface area (Å²) in [4.78, 5) is 0. The maximum absolute atomic E-state index is 5.78. The van der Waals surface area contributed by atoms with Gasteiger partial charge >= 0.3 is 0 Å². The Morgan fingerprint density at radius 2 is 2.15 bits per heavy atom. The zero-order valence-corrected chi connectivity index (χ0v) is 10.8. The van der Waals surface area contributed by atoms with Crippen LogP contribution >= 0.6 is 0 Å². The number of hydrogen-bond donors (Lipinski definition) is 1. The van der Waals surface area contributed by atoms with Gasteiger partial charge in [0.25, 0.3) is 0 Å². The van der Waals surface area contributed by atoms with E-state index in [1.807, 2.05) is 30.3 Å². The van der Waals surface area contributed by atoms with Gasteiger partial charge in [-0.3, -0.25) is 5.10 Å². The Bertz CT molecular complexity index is 712. The Labute approximate surface area is 115 Å². The first-order chi connectivity index (χ1) is 9.93. The highest BCUT2D eigenvalue weighted by Gasteiger charge is 2.23. The number of aromatic amines is 1. The van der Waals surface area contributed by atoms with E-state index in [1.54, 1.807) is 6.26 Å². The van der Waals surface area contributed by atoms with Crippen LogP contribution in [0.3, 0.4) is 0 Å². The molecule has 1 fully saturated rings. The van der Waals surface area contributed by atoms with Crippen LogP contribution in [-0.2, 0) is 9.47 Å². The molecule has 102 valence electrons. The van der Waals surface area contributed by atoms with Gasteiger partial charge in [-0.2, -0.15) is 5.10 Å². The van der Waals surface area contributed by atoms with E-state index in [-0.39, 0.29) is 6.10 Å². The van der Waals surface area contributed by atoms with E-state index in [0.717, 1.165) is 27.9 Å². The molecular formula is C15H14N2O3. The monoisotopic (exact) mass is 270 g/mol. The Morgan fingerprint density at radius 3 is 2.95 bits per heavy atom. The third-order valence-corrected chi connectivity index (χ3v) is 3.53. The standard InChI is InChI=1S/C15H14N2O3/c1-3-10(12-5-2-6-19-12)14-11(4-1)16-17-15(14)13-9-18-7-8-20-13/h1-6,13H,7-9H2,(H,16,17). The summed E-state index contributed by atoms with van der Waals surface area (Å²) in [6.07, 6.45) is 1.57. The van der Waals surface area contributed by atoms with Crippen LogP contribution < -0.4 is 0 Å². The third kappa shape index (κ3) is 1.83. The molecule has 1 N–H and O–H groups in total. The number of rotatable bonds is 2. The van der Waals surface area contributed by atoms with E-state index in [9.17, 15) is 0 Å². The van der Waals surface area contributed by atoms with Crippen LogP contribution in [0.5, 0.6) is 0 Å². The molecule has 0 bridgehead atoms. The second-order valence-electron chi connectivity index (χ2n) is 4.75. The Hall–Kier alpha value is -2.11. The fraction of sp³-hybridized carbons (Fsp3) is 0.267. The highest BCUT2D eigenvalue weighted by atomic mass is 16.6. The van der Waals surface area contributed by atoms with Gasteiger partial charge in [0.05, 0.1) is 37.3 Å². The highest BCUT2D eigenvalue weighted by Crippen LogP contribution is 2.34. The minimum atomic E-state index is -0.107. The number of benzene rings is 1. The van der Waals surface area contributed by atoms with Crippen molar-refractivity contribution < 1.29 is 13.9 Å². The van der Waals surface area contributed by atoms with Crippen molar-refractivity contribution in [1.29, 1.82) is 0 Å². The van der Waals surface area contributed by atoms with E-state index in [4.69, 9.17) is 13.9 Å². The maximum Gasteiger partial charge on any atom is 0.134 e. The van der Waals surface area contributed by atoms with E-state index in [2.05, 4.69) is 10.2 Å². The van der Waals surface area contributed by atoms with Crippen molar-refractivity contribution in [1.82, 2.24) is 10.2 Å². The average Bonchev–Trinajstić information content (AvgIpc) is 3.17. The maximum atomic E-state index is 5.78. The van der Waals surface area contributed by atoms with Gasteiger partial charge in [0, 0.05) is 10.9 Å². The first-order valence-corrected chi connectivity index (χ1v) is 6.64. The lowest BCUT2D eigenvalue weighted by atomic mass is 10.0. The predicted molar refractivity (Wildman–Crippen MR) is 73.3 cm³/mol. The zero-order valence-electron chi connectivity index (χ0n) is 10.8. The number of hydrogen-bond acceptors (Lipinski definition) is 4. The van der Waals surface area contributed by atoms with E-state index < -0.39 is 0 Å². The first kappa shape index (κ1) is 11.7. The number of ether oxygens (including phenoxy) is 2. The van der Waals surface area contributed by atoms with Crippen LogP contribution in [0.1, 0.15) is 11.8 Å². The van der Waals surface area contributed by atoms with Crippen LogP contribution in [0.2, 0.25) is 0 Å². The Morgan fingerprint density at radius 1 is 1.15 bits per heavy atom. The number of H-pyrrole nitrogens is 1. The number of fused-ring (bicyclic) bond motifs is 1. The molecular weight excluding hydrogens is 256 g/mol. The minimum absolute atomic E-state index is 0.107. The number of nitrogens with zero attached hydrogens (tertiary/aromatic N) is 1. The fourth-order valence-corrected chi connectivity index (χ4v) is 2.62. The van der Waals surface area contributed by atoms with Crippen LogP contribution in [-0.4, -0.2) is 30.0 Å². The van der Waals surface area contributed by atoms with Gasteiger partial charge in [-0.25, -0.2) is 0 Å². The van der Waals surface area contributed by atoms with Gasteiger partial charge in [0.1, 0.15) is 11.9 Å². The number of nitrogens with one attached hydrogen (secondary N) is 1. The summed E-state index contributed by atoms with van der Waals surface area (Å²) in [5.74, 6) is 0.829. The van der Waals surface area contributed by atoms with Gasteiger partial charge in [-0.15, -0.1) is 0 Å². The topological polar surface area (TPSA) is 60.3 Å². The molecule has 1 aliphatic heterocycles. The van der Waals surface area contributed by atoms with Crippen molar-refractivity contribution in [3.63, 3.8) is 0 Å². The highest BCUT2D eigenvalue weighted by molar-refractivity contribution is 5.95. The Kier molecular flexibility index (Phi) is 2.79. The molecule has 1 aliphatic rings. The summed E-state index contributed by atoms with van der Waals surface area (Å²) in [6.45, 7) is 1.80. The zero-order chi connectivity index (χ0) is 13.4. The lowest BCUT2D eigenvalue weighted by Crippen LogP contribution is -2.22. The molecule has 1 aromatic carbocycles. The molecule has 0 amide bonds. The van der Waals surface area contributed by atoms with Crippen molar-refractivity contribution in [2.75, 3.05) is 19.8 Å². The van der Waals surface area contributed by atoms with Gasteiger partial charge in [-0.05, 0) is 18.2 Å². The molecule has 0 aliphatic carbocycles. The number of furan rings is 1. The predicted octanol–water partition coefficient (Wildman–Crippen LogP) is 2.91. The quantitative estimate of drug-likeness (QED) is 0.777. The summed E-state index contributed by atoms with van der Waals surface area (Å²) in [5.41, 5.74) is 2.88. The molecule has 1 saturated heterocycles. The Balaban J connectivity index is 1.89. The van der Waals surface area contributed by atoms with Crippen LogP contribution in [0.4, 0.5) is 0 Å². The summed E-state index contributed by atoms with van der Waals surface area (Å²) >= 11 is 0. The molecule has 1 atom stereocenters. The average molecular weight is 270 g/mol. The van der Waals surface area contributed by atoms with Crippen molar-refractivity contribution in [2.24, 2.45) is 0 Å². The second kappa shape index (κ2) is 4.77. The molecule has 1 unspecified atom stereocenters. The van der Waals surface area contributed by atoms with Crippen LogP contribution in [0, 0.1) is 0 Å². The molecule has 3 aromatic rings. The lowest BCUT2D eigenvalue weighted by Gasteiger charge is -2.22. The summed E-state index contributed by atoms with van der Waals surface area (Å²) in [7, 11) is 0. The summed E-state index contributed by atoms with van der Waals surface area (Å²) in [6, 6.07) is 9.82. The third-order valence-electron chi connectivity index (χ3n) is 3.53. The molecule has 5 heteroatoms. The molecule has 4 rings (SSSR count).